The van der Waals surface area contributed by atoms with Gasteiger partial charge in [-0.3, -0.25) is 10.2 Å². The van der Waals surface area contributed by atoms with Crippen molar-refractivity contribution in [1.82, 2.24) is 15.0 Å². The van der Waals surface area contributed by atoms with Gasteiger partial charge in [0.05, 0.1) is 30.6 Å². The van der Waals surface area contributed by atoms with E-state index in [1.54, 1.807) is 19.2 Å². The van der Waals surface area contributed by atoms with Crippen molar-refractivity contribution in [2.75, 3.05) is 24.7 Å². The van der Waals surface area contributed by atoms with Crippen LogP contribution in [0.2, 0.25) is 0 Å². The van der Waals surface area contributed by atoms with Gasteiger partial charge in [0.1, 0.15) is 29.2 Å². The topological polar surface area (TPSA) is 159 Å². The van der Waals surface area contributed by atoms with Crippen LogP contribution in [-0.2, 0) is 6.42 Å². The Kier molecular flexibility index (Phi) is 9.39. The lowest BCUT2D eigenvalue weighted by atomic mass is 9.77. The predicted octanol–water partition coefficient (Wildman–Crippen LogP) is 3.36. The molecule has 9 heteroatoms. The van der Waals surface area contributed by atoms with Gasteiger partial charge in [0, 0.05) is 16.8 Å². The Morgan fingerprint density at radius 3 is 2.61 bits per heavy atom. The molecule has 0 aliphatic rings. The van der Waals surface area contributed by atoms with Crippen molar-refractivity contribution in [3.63, 3.8) is 0 Å². The molecule has 4 rings (SSSR count). The second-order valence-corrected chi connectivity index (χ2v) is 10.7. The molecule has 41 heavy (non-hydrogen) atoms. The molecule has 216 valence electrons. The SMILES string of the molecule is CCc1ccc2[nH]c(C(=O)Nc3ccc(C(=[NH2+])c4c(N)ncnc4C(C)C(C)C(CC)CC[NH3+])cc3OC)cc2c1. The van der Waals surface area contributed by atoms with Crippen molar-refractivity contribution < 1.29 is 20.7 Å². The van der Waals surface area contributed by atoms with Crippen LogP contribution in [0, 0.1) is 11.8 Å². The molecule has 3 unspecified atom stereocenters. The highest BCUT2D eigenvalue weighted by atomic mass is 16.5. The van der Waals surface area contributed by atoms with E-state index in [1.807, 2.05) is 18.2 Å². The number of aryl methyl sites for hydroxylation is 1. The molecule has 3 atom stereocenters. The molecule has 0 aliphatic carbocycles. The van der Waals surface area contributed by atoms with E-state index in [0.717, 1.165) is 42.4 Å². The normalized spacial score (nSPS) is 13.5. The number of aromatic nitrogens is 3. The molecule has 0 bridgehead atoms. The molecule has 0 aliphatic heterocycles. The number of anilines is 2. The smallest absolute Gasteiger partial charge is 0.272 e. The van der Waals surface area contributed by atoms with Crippen LogP contribution in [0.1, 0.15) is 79.3 Å². The Bertz CT molecular complexity index is 1540. The number of nitrogens with two attached hydrogens (primary N) is 2. The molecule has 2 aromatic carbocycles. The number of methoxy groups -OCH3 is 1. The largest absolute Gasteiger partial charge is 0.495 e. The molecule has 0 saturated carbocycles. The summed E-state index contributed by atoms with van der Waals surface area (Å²) in [5, 5.41) is 10.7. The fraction of sp³-hybridized carbons (Fsp3) is 0.375. The molecular weight excluding hydrogens is 514 g/mol. The van der Waals surface area contributed by atoms with Crippen LogP contribution < -0.4 is 26.9 Å². The van der Waals surface area contributed by atoms with E-state index in [0.29, 0.717) is 51.6 Å². The number of hydrogen-bond donors (Lipinski definition) is 5. The number of carbonyl (C=O) groups is 1. The summed E-state index contributed by atoms with van der Waals surface area (Å²) in [6.07, 6.45) is 4.56. The molecule has 1 amide bonds. The second kappa shape index (κ2) is 13.0. The highest BCUT2D eigenvalue weighted by molar-refractivity contribution is 6.13. The number of amides is 1. The van der Waals surface area contributed by atoms with E-state index in [9.17, 15) is 4.79 Å². The lowest BCUT2D eigenvalue weighted by Crippen LogP contribution is -2.51. The maximum Gasteiger partial charge on any atom is 0.272 e. The molecule has 9 nitrogen and oxygen atoms in total. The highest BCUT2D eigenvalue weighted by Gasteiger charge is 2.30. The van der Waals surface area contributed by atoms with Gasteiger partial charge in [-0.15, -0.1) is 0 Å². The second-order valence-electron chi connectivity index (χ2n) is 10.7. The van der Waals surface area contributed by atoms with Gasteiger partial charge in [0.25, 0.3) is 5.91 Å². The highest BCUT2D eigenvalue weighted by Crippen LogP contribution is 2.35. The summed E-state index contributed by atoms with van der Waals surface area (Å²) in [6.45, 7) is 9.64. The van der Waals surface area contributed by atoms with E-state index in [4.69, 9.17) is 15.9 Å². The zero-order valence-corrected chi connectivity index (χ0v) is 24.8. The van der Waals surface area contributed by atoms with Gasteiger partial charge in [-0.25, -0.2) is 9.97 Å². The number of quaternary nitrogens is 1. The maximum absolute atomic E-state index is 13.1. The minimum atomic E-state index is -0.263. The average molecular weight is 558 g/mol. The van der Waals surface area contributed by atoms with Gasteiger partial charge in [-0.2, -0.15) is 0 Å². The van der Waals surface area contributed by atoms with Crippen LogP contribution in [0.3, 0.4) is 0 Å². The Hall–Kier alpha value is -4.24. The summed E-state index contributed by atoms with van der Waals surface area (Å²) < 4.78 is 5.65. The molecule has 9 N–H and O–H groups in total. The summed E-state index contributed by atoms with van der Waals surface area (Å²) in [4.78, 5) is 25.2. The van der Waals surface area contributed by atoms with Gasteiger partial charge in [0.2, 0.25) is 5.71 Å². The van der Waals surface area contributed by atoms with Gasteiger partial charge in [-0.05, 0) is 66.6 Å². The standard InChI is InChI=1S/C32H41N7O2/c1-6-20-8-10-24-23(14-20)15-26(38-24)32(40)39-25-11-9-22(16-27(25)41-5)29(34)28-30(36-17-37-31(28)35)19(4)18(3)21(7-2)12-13-33/h8-11,14-19,21,34,38H,6-7,12-13,33H2,1-5H3,(H,39,40)(H2,35,36,37)/p+2. The third-order valence-corrected chi connectivity index (χ3v) is 8.34. The van der Waals surface area contributed by atoms with Gasteiger partial charge >= 0.3 is 0 Å². The minimum Gasteiger partial charge on any atom is -0.495 e. The number of nitrogens with zero attached hydrogens (tertiary/aromatic N) is 2. The summed E-state index contributed by atoms with van der Waals surface area (Å²) >= 11 is 0. The van der Waals surface area contributed by atoms with Crippen molar-refractivity contribution in [3.8, 4) is 5.75 Å². The van der Waals surface area contributed by atoms with Crippen molar-refractivity contribution >= 4 is 34.0 Å². The first-order valence-corrected chi connectivity index (χ1v) is 14.4. The van der Waals surface area contributed by atoms with Crippen LogP contribution in [0.25, 0.3) is 10.9 Å². The maximum atomic E-state index is 13.1. The van der Waals surface area contributed by atoms with Crippen LogP contribution in [0.4, 0.5) is 11.5 Å². The zero-order valence-electron chi connectivity index (χ0n) is 24.8. The van der Waals surface area contributed by atoms with E-state index in [2.05, 4.69) is 65.8 Å². The number of nitrogens with one attached hydrogen (secondary N) is 2. The molecule has 0 spiro atoms. The fourth-order valence-corrected chi connectivity index (χ4v) is 5.61. The third kappa shape index (κ3) is 6.25. The number of hydrogen-bond acceptors (Lipinski definition) is 5. The van der Waals surface area contributed by atoms with Gasteiger partial charge in [-0.1, -0.05) is 40.2 Å². The van der Waals surface area contributed by atoms with Gasteiger partial charge in [0.15, 0.2) is 0 Å². The first-order chi connectivity index (χ1) is 19.7. The number of fused-ring (bicyclic) bond motifs is 1. The summed E-state index contributed by atoms with van der Waals surface area (Å²) in [7, 11) is 1.56. The lowest BCUT2D eigenvalue weighted by molar-refractivity contribution is -0.370. The molecule has 2 heterocycles. The third-order valence-electron chi connectivity index (χ3n) is 8.34. The predicted molar refractivity (Wildman–Crippen MR) is 164 cm³/mol. The van der Waals surface area contributed by atoms with E-state index in [-0.39, 0.29) is 11.8 Å². The number of rotatable bonds is 12. The molecule has 2 aromatic heterocycles. The molecule has 0 saturated heterocycles. The molecular formula is C32H43N7O2+2. The van der Waals surface area contributed by atoms with Crippen molar-refractivity contribution in [1.29, 1.82) is 0 Å². The molecule has 0 fully saturated rings. The fourth-order valence-electron chi connectivity index (χ4n) is 5.61. The summed E-state index contributed by atoms with van der Waals surface area (Å²) in [6, 6.07) is 13.4. The summed E-state index contributed by atoms with van der Waals surface area (Å²) in [5.41, 5.74) is 16.2. The number of ether oxygens (including phenoxy) is 1. The van der Waals surface area contributed by atoms with Crippen LogP contribution in [0.5, 0.6) is 5.75 Å². The van der Waals surface area contributed by atoms with E-state index >= 15 is 0 Å². The first-order valence-electron chi connectivity index (χ1n) is 14.4. The Labute approximate surface area is 241 Å². The zero-order chi connectivity index (χ0) is 29.7. The number of carbonyl (C=O) groups excluding carboxylic acids is 1. The molecule has 0 radical (unpaired) electrons. The minimum absolute atomic E-state index is 0.107. The van der Waals surface area contributed by atoms with Crippen LogP contribution in [-0.4, -0.2) is 40.2 Å². The van der Waals surface area contributed by atoms with Crippen molar-refractivity contribution in [2.24, 2.45) is 11.8 Å². The van der Waals surface area contributed by atoms with Crippen molar-refractivity contribution in [3.05, 3.63) is 76.9 Å². The summed E-state index contributed by atoms with van der Waals surface area (Å²) in [5.74, 6) is 1.52. The van der Waals surface area contributed by atoms with E-state index in [1.165, 1.54) is 11.9 Å². The Balaban J connectivity index is 1.61. The number of benzene rings is 2. The Morgan fingerprint density at radius 2 is 1.93 bits per heavy atom. The lowest BCUT2D eigenvalue weighted by Gasteiger charge is -2.28. The number of H-pyrrole nitrogens is 1. The van der Waals surface area contributed by atoms with E-state index < -0.39 is 0 Å². The average Bonchev–Trinajstić information content (AvgIpc) is 3.42. The number of nitrogen functional groups attached to an aromatic ring is 1. The van der Waals surface area contributed by atoms with Crippen LogP contribution >= 0.6 is 0 Å². The monoisotopic (exact) mass is 557 g/mol. The number of aromatic amines is 1. The quantitative estimate of drug-likeness (QED) is 0.169. The molecule has 4 aromatic rings. The van der Waals surface area contributed by atoms with Crippen LogP contribution in [0.15, 0.2) is 48.8 Å². The van der Waals surface area contributed by atoms with Gasteiger partial charge < -0.3 is 26.5 Å². The Morgan fingerprint density at radius 1 is 1.15 bits per heavy atom. The first kappa shape index (κ1) is 29.7. The van der Waals surface area contributed by atoms with Crippen molar-refractivity contribution in [2.45, 2.75) is 52.9 Å².